The normalized spacial score (nSPS) is 22.0. The Kier molecular flexibility index (Phi) is 38.0. The third-order valence-electron chi connectivity index (χ3n) is 12.2. The van der Waals surface area contributed by atoms with E-state index in [0.717, 1.165) is 38.5 Å². The van der Waals surface area contributed by atoms with Crippen molar-refractivity contribution in [3.8, 4) is 0 Å². The monoisotopic (exact) mass is 895 g/mol. The van der Waals surface area contributed by atoms with E-state index in [2.05, 4.69) is 13.8 Å². The summed E-state index contributed by atoms with van der Waals surface area (Å²) in [5.74, 6) is -0.469. The number of aliphatic hydroxyl groups is 5. The molecule has 1 fully saturated rings. The molecular weight excluding hydrogens is 799 g/mol. The summed E-state index contributed by atoms with van der Waals surface area (Å²) in [5, 5.41) is 50.3. The van der Waals surface area contributed by atoms with Crippen LogP contribution in [0.4, 0.5) is 0 Å². The predicted octanol–water partition coefficient (Wildman–Crippen LogP) is 10.9. The van der Waals surface area contributed by atoms with Crippen molar-refractivity contribution in [3.63, 3.8) is 0 Å². The second-order valence-electron chi connectivity index (χ2n) is 18.0. The van der Waals surface area contributed by atoms with Gasteiger partial charge in [-0.2, -0.15) is 0 Å². The maximum Gasteiger partial charge on any atom is 0.472 e. The van der Waals surface area contributed by atoms with Crippen LogP contribution in [-0.4, -0.2) is 98.9 Å². The Morgan fingerprint density at radius 2 is 0.770 bits per heavy atom. The Morgan fingerprint density at radius 1 is 0.459 bits per heavy atom. The maximum absolute atomic E-state index is 12.8. The average molecular weight is 895 g/mol. The molecule has 0 aromatic heterocycles. The van der Waals surface area contributed by atoms with Crippen LogP contribution in [0.1, 0.15) is 239 Å². The van der Waals surface area contributed by atoms with E-state index in [4.69, 9.17) is 18.5 Å². The first kappa shape index (κ1) is 58.4. The van der Waals surface area contributed by atoms with E-state index in [-0.39, 0.29) is 13.0 Å². The third-order valence-corrected chi connectivity index (χ3v) is 13.2. The molecule has 0 saturated heterocycles. The summed E-state index contributed by atoms with van der Waals surface area (Å²) < 4.78 is 34.3. The molecule has 0 amide bonds. The van der Waals surface area contributed by atoms with E-state index in [1.807, 2.05) is 0 Å². The number of aliphatic hydroxyl groups excluding tert-OH is 5. The number of phosphoric acid groups is 1. The van der Waals surface area contributed by atoms with Crippen molar-refractivity contribution in [2.75, 3.05) is 19.8 Å². The van der Waals surface area contributed by atoms with Crippen molar-refractivity contribution in [1.82, 2.24) is 0 Å². The Labute approximate surface area is 372 Å². The van der Waals surface area contributed by atoms with Gasteiger partial charge >= 0.3 is 13.8 Å². The fraction of sp³-hybridized carbons (Fsp3) is 0.979. The Balaban J connectivity index is 2.33. The molecule has 1 rings (SSSR count). The molecule has 13 heteroatoms. The topological polar surface area (TPSA) is 192 Å². The number of phosphoric ester groups is 1. The molecule has 0 aromatic carbocycles. The van der Waals surface area contributed by atoms with Crippen molar-refractivity contribution in [3.05, 3.63) is 0 Å². The summed E-state index contributed by atoms with van der Waals surface area (Å²) in [7, 11) is -5.01. The van der Waals surface area contributed by atoms with E-state index in [0.29, 0.717) is 13.0 Å². The first-order valence-corrected chi connectivity index (χ1v) is 26.9. The van der Waals surface area contributed by atoms with Gasteiger partial charge in [-0.05, 0) is 12.8 Å². The minimum atomic E-state index is -5.01. The molecule has 0 aliphatic heterocycles. The van der Waals surface area contributed by atoms with Gasteiger partial charge in [-0.25, -0.2) is 4.57 Å². The SMILES string of the molecule is CCCCCCCCCCCCCCCCCCCOCC(COP(=O)(O)OC1C(O)C(O)C(O)C(O)C1O)OC(=O)CCCCCCCCCCCCCCCCCCC. The first-order valence-electron chi connectivity index (χ1n) is 25.4. The van der Waals surface area contributed by atoms with E-state index in [1.165, 1.54) is 173 Å². The number of rotatable bonds is 44. The van der Waals surface area contributed by atoms with Crippen LogP contribution in [0.2, 0.25) is 0 Å². The summed E-state index contributed by atoms with van der Waals surface area (Å²) in [6.45, 7) is 4.31. The Morgan fingerprint density at radius 3 is 1.13 bits per heavy atom. The highest BCUT2D eigenvalue weighted by molar-refractivity contribution is 7.47. The van der Waals surface area contributed by atoms with E-state index in [1.54, 1.807) is 0 Å². The van der Waals surface area contributed by atoms with E-state index >= 15 is 0 Å². The molecule has 0 radical (unpaired) electrons. The van der Waals surface area contributed by atoms with Crippen LogP contribution in [0.5, 0.6) is 0 Å². The zero-order chi connectivity index (χ0) is 44.8. The van der Waals surface area contributed by atoms with Gasteiger partial charge < -0.3 is 39.9 Å². The number of unbranched alkanes of at least 4 members (excludes halogenated alkanes) is 32. The van der Waals surface area contributed by atoms with Gasteiger partial charge in [-0.1, -0.05) is 219 Å². The van der Waals surface area contributed by atoms with Gasteiger partial charge in [0.05, 0.1) is 13.2 Å². The largest absolute Gasteiger partial charge is 0.472 e. The third kappa shape index (κ3) is 31.8. The molecule has 0 bridgehead atoms. The lowest BCUT2D eigenvalue weighted by Gasteiger charge is -2.41. The summed E-state index contributed by atoms with van der Waals surface area (Å²) >= 11 is 0. The second kappa shape index (κ2) is 39.7. The standard InChI is InChI=1S/C48H95O12P/c1-3-5-7-9-11-13-15-17-19-21-23-25-27-29-31-33-35-37-42(49)59-41(40-58-61(55,56)60-48-46(53)44(51)43(50)45(52)47(48)54)39-57-38-36-34-32-30-28-26-24-22-20-18-16-14-12-10-8-6-4-2/h41,43-48,50-54H,3-40H2,1-2H3,(H,55,56). The Hall–Kier alpha value is -0.660. The van der Waals surface area contributed by atoms with Crippen LogP contribution in [0.3, 0.4) is 0 Å². The maximum atomic E-state index is 12.8. The summed E-state index contributed by atoms with van der Waals surface area (Å²) in [6.07, 6.45) is 30.2. The van der Waals surface area contributed by atoms with Crippen molar-refractivity contribution in [2.24, 2.45) is 0 Å². The molecule has 364 valence electrons. The number of hydrogen-bond acceptors (Lipinski definition) is 11. The molecule has 61 heavy (non-hydrogen) atoms. The van der Waals surface area contributed by atoms with Crippen molar-refractivity contribution in [2.45, 2.75) is 281 Å². The van der Waals surface area contributed by atoms with Crippen LogP contribution in [-0.2, 0) is 27.9 Å². The predicted molar refractivity (Wildman–Crippen MR) is 244 cm³/mol. The van der Waals surface area contributed by atoms with Gasteiger partial charge in [-0.15, -0.1) is 0 Å². The van der Waals surface area contributed by atoms with E-state index < -0.39 is 63.1 Å². The molecule has 1 aliphatic carbocycles. The van der Waals surface area contributed by atoms with Gasteiger partial charge in [0.1, 0.15) is 42.7 Å². The smallest absolute Gasteiger partial charge is 0.457 e. The second-order valence-corrected chi connectivity index (χ2v) is 19.4. The quantitative estimate of drug-likeness (QED) is 0.0193. The lowest BCUT2D eigenvalue weighted by atomic mass is 9.85. The molecule has 0 aromatic rings. The highest BCUT2D eigenvalue weighted by atomic mass is 31.2. The van der Waals surface area contributed by atoms with Crippen molar-refractivity contribution in [1.29, 1.82) is 0 Å². The number of carbonyl (C=O) groups excluding carboxylic acids is 1. The van der Waals surface area contributed by atoms with Gasteiger partial charge in [-0.3, -0.25) is 13.8 Å². The Bertz CT molecular complexity index is 1020. The molecule has 0 spiro atoms. The summed E-state index contributed by atoms with van der Waals surface area (Å²) in [5.41, 5.74) is 0. The molecule has 12 nitrogen and oxygen atoms in total. The van der Waals surface area contributed by atoms with Gasteiger partial charge in [0.25, 0.3) is 0 Å². The number of esters is 1. The average Bonchev–Trinajstić information content (AvgIpc) is 3.24. The molecule has 6 N–H and O–H groups in total. The summed E-state index contributed by atoms with van der Waals surface area (Å²) in [6, 6.07) is 0. The summed E-state index contributed by atoms with van der Waals surface area (Å²) in [4.78, 5) is 23.2. The minimum Gasteiger partial charge on any atom is -0.457 e. The highest BCUT2D eigenvalue weighted by Crippen LogP contribution is 2.47. The van der Waals surface area contributed by atoms with Crippen molar-refractivity contribution >= 4 is 13.8 Å². The zero-order valence-electron chi connectivity index (χ0n) is 39.0. The zero-order valence-corrected chi connectivity index (χ0v) is 39.9. The van der Waals surface area contributed by atoms with Crippen LogP contribution in [0, 0.1) is 0 Å². The molecular formula is C48H95O12P. The van der Waals surface area contributed by atoms with Gasteiger partial charge in [0.15, 0.2) is 0 Å². The molecule has 1 saturated carbocycles. The lowest BCUT2D eigenvalue weighted by Crippen LogP contribution is -2.64. The minimum absolute atomic E-state index is 0.0675. The van der Waals surface area contributed by atoms with Crippen molar-refractivity contribution < 1.29 is 58.3 Å². The number of hydrogen-bond donors (Lipinski definition) is 6. The van der Waals surface area contributed by atoms with E-state index in [9.17, 15) is 39.8 Å². The molecule has 6 unspecified atom stereocenters. The number of ether oxygens (including phenoxy) is 2. The molecule has 1 aliphatic rings. The van der Waals surface area contributed by atoms with Crippen LogP contribution in [0.15, 0.2) is 0 Å². The number of carbonyl (C=O) groups is 1. The highest BCUT2D eigenvalue weighted by Gasteiger charge is 2.51. The van der Waals surface area contributed by atoms with Crippen LogP contribution >= 0.6 is 7.82 Å². The molecule has 0 heterocycles. The fourth-order valence-electron chi connectivity index (χ4n) is 8.18. The van der Waals surface area contributed by atoms with Gasteiger partial charge in [0, 0.05) is 13.0 Å². The first-order chi connectivity index (χ1) is 29.5. The lowest BCUT2D eigenvalue weighted by molar-refractivity contribution is -0.220. The van der Waals surface area contributed by atoms with Gasteiger partial charge in [0.2, 0.25) is 0 Å². The van der Waals surface area contributed by atoms with Crippen LogP contribution in [0.25, 0.3) is 0 Å². The van der Waals surface area contributed by atoms with Crippen LogP contribution < -0.4 is 0 Å². The molecule has 6 atom stereocenters. The fourth-order valence-corrected chi connectivity index (χ4v) is 9.15.